The number of rotatable bonds is 7. The summed E-state index contributed by atoms with van der Waals surface area (Å²) in [5.41, 5.74) is 1.29. The van der Waals surface area contributed by atoms with Crippen LogP contribution in [0, 0.1) is 6.92 Å². The second-order valence-electron chi connectivity index (χ2n) is 4.86. The summed E-state index contributed by atoms with van der Waals surface area (Å²) in [5, 5.41) is 3.56. The molecule has 1 aromatic heterocycles. The number of benzene rings is 1. The normalized spacial score (nSPS) is 12.3. The third-order valence-corrected chi connectivity index (χ3v) is 4.21. The summed E-state index contributed by atoms with van der Waals surface area (Å²) in [5.74, 6) is 0.952. The Morgan fingerprint density at radius 3 is 2.40 bits per heavy atom. The number of ether oxygens (including phenoxy) is 1. The second kappa shape index (κ2) is 7.46. The van der Waals surface area contributed by atoms with Crippen LogP contribution in [-0.2, 0) is 0 Å². The molecule has 108 valence electrons. The summed E-state index contributed by atoms with van der Waals surface area (Å²) in [7, 11) is 0. The molecule has 1 unspecified atom stereocenters. The van der Waals surface area contributed by atoms with Crippen molar-refractivity contribution >= 4 is 11.3 Å². The van der Waals surface area contributed by atoms with E-state index >= 15 is 0 Å². The predicted molar refractivity (Wildman–Crippen MR) is 86.8 cm³/mol. The van der Waals surface area contributed by atoms with Crippen molar-refractivity contribution in [2.24, 2.45) is 0 Å². The van der Waals surface area contributed by atoms with Crippen LogP contribution in [-0.4, -0.2) is 13.2 Å². The quantitative estimate of drug-likeness (QED) is 0.807. The molecule has 1 atom stereocenters. The summed E-state index contributed by atoms with van der Waals surface area (Å²) in [6, 6.07) is 13.1. The highest BCUT2D eigenvalue weighted by Crippen LogP contribution is 2.29. The monoisotopic (exact) mass is 289 g/mol. The molecule has 0 spiro atoms. The molecule has 0 radical (unpaired) electrons. The Hall–Kier alpha value is -1.32. The molecule has 20 heavy (non-hydrogen) atoms. The number of aryl methyl sites for hydroxylation is 1. The summed E-state index contributed by atoms with van der Waals surface area (Å²) in [6.07, 6.45) is 1.04. The van der Waals surface area contributed by atoms with E-state index in [0.29, 0.717) is 0 Å². The highest BCUT2D eigenvalue weighted by atomic mass is 32.1. The highest BCUT2D eigenvalue weighted by Gasteiger charge is 2.14. The second-order valence-corrected chi connectivity index (χ2v) is 6.18. The van der Waals surface area contributed by atoms with Gasteiger partial charge < -0.3 is 10.1 Å². The van der Waals surface area contributed by atoms with Crippen LogP contribution < -0.4 is 10.1 Å². The molecule has 1 heterocycles. The van der Waals surface area contributed by atoms with E-state index in [9.17, 15) is 0 Å². The van der Waals surface area contributed by atoms with E-state index in [4.69, 9.17) is 4.74 Å². The molecular formula is C17H23NOS. The van der Waals surface area contributed by atoms with Crippen LogP contribution in [0.3, 0.4) is 0 Å². The maximum atomic E-state index is 5.64. The van der Waals surface area contributed by atoms with Crippen LogP contribution in [0.5, 0.6) is 5.75 Å². The fourth-order valence-corrected chi connectivity index (χ4v) is 3.15. The number of thiophene rings is 1. The molecule has 0 bridgehead atoms. The van der Waals surface area contributed by atoms with E-state index in [1.807, 2.05) is 11.3 Å². The molecule has 0 aliphatic rings. The van der Waals surface area contributed by atoms with Gasteiger partial charge in [-0.25, -0.2) is 0 Å². The van der Waals surface area contributed by atoms with Gasteiger partial charge in [0.05, 0.1) is 12.6 Å². The van der Waals surface area contributed by atoms with Gasteiger partial charge in [0.25, 0.3) is 0 Å². The Balaban J connectivity index is 2.17. The van der Waals surface area contributed by atoms with Crippen molar-refractivity contribution in [3.63, 3.8) is 0 Å². The molecule has 2 aromatic rings. The first kappa shape index (κ1) is 15.1. The van der Waals surface area contributed by atoms with Gasteiger partial charge in [0.2, 0.25) is 0 Å². The largest absolute Gasteiger partial charge is 0.494 e. The van der Waals surface area contributed by atoms with Crippen LogP contribution in [0.2, 0.25) is 0 Å². The minimum absolute atomic E-state index is 0.277. The Bertz CT molecular complexity index is 518. The molecule has 0 amide bonds. The molecule has 2 rings (SSSR count). The molecule has 3 heteroatoms. The van der Waals surface area contributed by atoms with Crippen molar-refractivity contribution < 1.29 is 4.74 Å². The van der Waals surface area contributed by atoms with E-state index in [2.05, 4.69) is 62.5 Å². The Morgan fingerprint density at radius 1 is 1.10 bits per heavy atom. The van der Waals surface area contributed by atoms with Crippen molar-refractivity contribution in [1.29, 1.82) is 0 Å². The lowest BCUT2D eigenvalue weighted by molar-refractivity contribution is 0.317. The first-order valence-electron chi connectivity index (χ1n) is 7.27. The Morgan fingerprint density at radius 2 is 1.85 bits per heavy atom. The molecule has 0 fully saturated rings. The molecule has 0 saturated carbocycles. The zero-order valence-electron chi connectivity index (χ0n) is 12.5. The fraction of sp³-hybridized carbons (Fsp3) is 0.412. The molecule has 1 N–H and O–H groups in total. The third-order valence-electron chi connectivity index (χ3n) is 3.14. The van der Waals surface area contributed by atoms with E-state index < -0.39 is 0 Å². The summed E-state index contributed by atoms with van der Waals surface area (Å²) in [4.78, 5) is 2.72. The van der Waals surface area contributed by atoms with Crippen molar-refractivity contribution in [2.75, 3.05) is 13.2 Å². The van der Waals surface area contributed by atoms with Gasteiger partial charge in [-0.15, -0.1) is 11.3 Å². The molecule has 0 aliphatic heterocycles. The van der Waals surface area contributed by atoms with Crippen molar-refractivity contribution in [2.45, 2.75) is 33.2 Å². The van der Waals surface area contributed by atoms with Gasteiger partial charge in [0.1, 0.15) is 5.75 Å². The maximum Gasteiger partial charge on any atom is 0.119 e. The maximum absolute atomic E-state index is 5.64. The lowest BCUT2D eigenvalue weighted by atomic mass is 10.1. The zero-order chi connectivity index (χ0) is 14.4. The summed E-state index contributed by atoms with van der Waals surface area (Å²) >= 11 is 1.85. The molecule has 2 nitrogen and oxygen atoms in total. The van der Waals surface area contributed by atoms with Gasteiger partial charge in [0.15, 0.2) is 0 Å². The van der Waals surface area contributed by atoms with E-state index in [0.717, 1.165) is 25.3 Å². The number of hydrogen-bond donors (Lipinski definition) is 1. The third kappa shape index (κ3) is 3.84. The fourth-order valence-electron chi connectivity index (χ4n) is 2.17. The average Bonchev–Trinajstić information content (AvgIpc) is 2.89. The average molecular weight is 289 g/mol. The highest BCUT2D eigenvalue weighted by molar-refractivity contribution is 7.12. The number of hydrogen-bond acceptors (Lipinski definition) is 3. The summed E-state index contributed by atoms with van der Waals surface area (Å²) in [6.45, 7) is 8.15. The van der Waals surface area contributed by atoms with Crippen LogP contribution in [0.4, 0.5) is 0 Å². The number of nitrogens with one attached hydrogen (secondary N) is 1. The van der Waals surface area contributed by atoms with E-state index in [-0.39, 0.29) is 6.04 Å². The van der Waals surface area contributed by atoms with Gasteiger partial charge in [-0.1, -0.05) is 26.0 Å². The Labute approximate surface area is 125 Å². The predicted octanol–water partition coefficient (Wildman–Crippen LogP) is 4.54. The van der Waals surface area contributed by atoms with Crippen LogP contribution in [0.25, 0.3) is 0 Å². The lowest BCUT2D eigenvalue weighted by Crippen LogP contribution is -2.20. The van der Waals surface area contributed by atoms with Crippen LogP contribution in [0.15, 0.2) is 36.4 Å². The summed E-state index contributed by atoms with van der Waals surface area (Å²) < 4.78 is 5.64. The van der Waals surface area contributed by atoms with Gasteiger partial charge in [-0.3, -0.25) is 0 Å². The van der Waals surface area contributed by atoms with E-state index in [1.54, 1.807) is 0 Å². The molecule has 0 saturated heterocycles. The van der Waals surface area contributed by atoms with Gasteiger partial charge in [0, 0.05) is 9.75 Å². The minimum Gasteiger partial charge on any atom is -0.494 e. The molecule has 1 aromatic carbocycles. The molecular weight excluding hydrogens is 266 g/mol. The molecule has 0 aliphatic carbocycles. The topological polar surface area (TPSA) is 21.3 Å². The van der Waals surface area contributed by atoms with Crippen molar-refractivity contribution in [3.8, 4) is 5.75 Å². The van der Waals surface area contributed by atoms with Gasteiger partial charge >= 0.3 is 0 Å². The minimum atomic E-state index is 0.277. The van der Waals surface area contributed by atoms with E-state index in [1.165, 1.54) is 15.3 Å². The van der Waals surface area contributed by atoms with Crippen molar-refractivity contribution in [3.05, 3.63) is 51.7 Å². The van der Waals surface area contributed by atoms with Crippen LogP contribution in [0.1, 0.15) is 41.6 Å². The standard InChI is InChI=1S/C17H23NOS/c1-4-12-19-15-9-7-14(8-10-15)17(18-5-2)16-11-6-13(3)20-16/h6-11,17-18H,4-5,12H2,1-3H3. The zero-order valence-corrected chi connectivity index (χ0v) is 13.3. The van der Waals surface area contributed by atoms with Gasteiger partial charge in [-0.05, 0) is 49.7 Å². The lowest BCUT2D eigenvalue weighted by Gasteiger charge is -2.17. The first-order valence-corrected chi connectivity index (χ1v) is 8.08. The van der Waals surface area contributed by atoms with Crippen LogP contribution >= 0.6 is 11.3 Å². The van der Waals surface area contributed by atoms with Crippen molar-refractivity contribution in [1.82, 2.24) is 5.32 Å². The van der Waals surface area contributed by atoms with Gasteiger partial charge in [-0.2, -0.15) is 0 Å². The Kier molecular flexibility index (Phi) is 5.62. The smallest absolute Gasteiger partial charge is 0.119 e. The SMILES string of the molecule is CCCOc1ccc(C(NCC)c2ccc(C)s2)cc1. The first-order chi connectivity index (χ1) is 9.74.